The van der Waals surface area contributed by atoms with Gasteiger partial charge in [0, 0.05) is 0 Å². The van der Waals surface area contributed by atoms with Crippen molar-refractivity contribution < 1.29 is 4.76 Å². The Kier molecular flexibility index (Phi) is 0.934. The molecular weight excluding hydrogens is 94.1 g/mol. The second kappa shape index (κ2) is 1.59. The second-order valence-electron chi connectivity index (χ2n) is 1.10. The van der Waals surface area contributed by atoms with Gasteiger partial charge in [-0.3, -0.25) is 0 Å². The molecule has 0 aromatic heterocycles. The van der Waals surface area contributed by atoms with Crippen LogP contribution in [0.15, 0.2) is 9.98 Å². The molecule has 4 nitrogen and oxygen atoms in total. The topological polar surface area (TPSA) is 44.8 Å². The second-order valence-corrected chi connectivity index (χ2v) is 1.10. The Balaban J connectivity index is 2.66. The maximum atomic E-state index is 10.1. The van der Waals surface area contributed by atoms with Crippen LogP contribution in [0.3, 0.4) is 0 Å². The fraction of sp³-hybridized carbons (Fsp3) is 0.333. The van der Waals surface area contributed by atoms with E-state index in [2.05, 4.69) is 9.98 Å². The smallest absolute Gasteiger partial charge is 0.107 e. The fourth-order valence-electron chi connectivity index (χ4n) is 0.311. The van der Waals surface area contributed by atoms with Crippen LogP contribution in [-0.2, 0) is 0 Å². The van der Waals surface area contributed by atoms with Crippen molar-refractivity contribution in [2.45, 2.75) is 0 Å². The number of hydrogen-bond donors (Lipinski definition) is 0. The molecule has 4 heteroatoms. The minimum Gasteiger partial charge on any atom is -0.107 e. The van der Waals surface area contributed by atoms with Gasteiger partial charge in [0.15, 0.2) is 0 Å². The first kappa shape index (κ1) is 4.11. The number of nitroso groups, excluding NO2 is 1. The molecule has 0 saturated carbocycles. The highest BCUT2D eigenvalue weighted by Gasteiger charge is 1.97. The maximum absolute atomic E-state index is 10.1. The van der Waals surface area contributed by atoms with Crippen molar-refractivity contribution in [3.8, 4) is 0 Å². The molecule has 0 unspecified atom stereocenters. The van der Waals surface area contributed by atoms with E-state index in [0.29, 0.717) is 11.4 Å². The summed E-state index contributed by atoms with van der Waals surface area (Å²) in [5.74, 6) is 0. The van der Waals surface area contributed by atoms with Gasteiger partial charge in [0.1, 0.15) is 0 Å². The zero-order valence-corrected chi connectivity index (χ0v) is 3.61. The summed E-state index contributed by atoms with van der Waals surface area (Å²) in [6.07, 6.45) is 2.38. The van der Waals surface area contributed by atoms with Crippen LogP contribution < -0.4 is 0 Å². The van der Waals surface area contributed by atoms with Crippen molar-refractivity contribution in [3.63, 3.8) is 0 Å². The van der Waals surface area contributed by atoms with Crippen LogP contribution >= 0.6 is 0 Å². The van der Waals surface area contributed by atoms with E-state index in [-0.39, 0.29) is 0 Å². The van der Waals surface area contributed by atoms with Gasteiger partial charge in [0.2, 0.25) is 6.67 Å². The van der Waals surface area contributed by atoms with Crippen molar-refractivity contribution >= 4 is 12.7 Å². The Bertz CT molecular complexity index is 123. The van der Waals surface area contributed by atoms with Gasteiger partial charge < -0.3 is 0 Å². The first-order valence-electron chi connectivity index (χ1n) is 1.85. The van der Waals surface area contributed by atoms with Crippen LogP contribution in [0.4, 0.5) is 0 Å². The van der Waals surface area contributed by atoms with E-state index in [4.69, 9.17) is 0 Å². The molecule has 0 fully saturated rings. The summed E-state index contributed by atoms with van der Waals surface area (Å²) in [6.45, 7) is 0.388. The molecule has 1 rings (SSSR count). The molecular formula is C3H4N3O+. The molecule has 0 spiro atoms. The van der Waals surface area contributed by atoms with Gasteiger partial charge in [0.05, 0.1) is 0 Å². The molecule has 0 bridgehead atoms. The van der Waals surface area contributed by atoms with Crippen molar-refractivity contribution in [2.24, 2.45) is 9.98 Å². The summed E-state index contributed by atoms with van der Waals surface area (Å²) in [7, 11) is 0. The quantitative estimate of drug-likeness (QED) is 0.387. The average Bonchev–Trinajstić information content (AvgIpc) is 1.69. The lowest BCUT2D eigenvalue weighted by molar-refractivity contribution is -0.274. The van der Waals surface area contributed by atoms with Gasteiger partial charge >= 0.3 is 0 Å². The van der Waals surface area contributed by atoms with E-state index < -0.39 is 0 Å². The zero-order valence-electron chi connectivity index (χ0n) is 3.61. The van der Waals surface area contributed by atoms with Crippen molar-refractivity contribution in [1.29, 1.82) is 0 Å². The van der Waals surface area contributed by atoms with E-state index in [0.717, 1.165) is 0 Å². The Morgan fingerprint density at radius 2 is 2.00 bits per heavy atom. The number of hydrogen-bond acceptors (Lipinski definition) is 3. The van der Waals surface area contributed by atoms with E-state index in [9.17, 15) is 4.91 Å². The molecule has 1 aliphatic heterocycles. The van der Waals surface area contributed by atoms with Crippen LogP contribution in [0.2, 0.25) is 0 Å². The summed E-state index contributed by atoms with van der Waals surface area (Å²) >= 11 is 0. The molecule has 0 saturated heterocycles. The number of aliphatic imine (C=N–C) groups is 2. The van der Waals surface area contributed by atoms with Crippen LogP contribution in [0, 0.1) is 4.91 Å². The highest BCUT2D eigenvalue weighted by Crippen LogP contribution is 1.75. The van der Waals surface area contributed by atoms with Gasteiger partial charge in [-0.2, -0.15) is 0 Å². The monoisotopic (exact) mass is 98.0 g/mol. The molecule has 0 aromatic rings. The van der Waals surface area contributed by atoms with Gasteiger partial charge in [-0.25, -0.2) is 0 Å². The highest BCUT2D eigenvalue weighted by atomic mass is 16.3. The molecule has 0 aromatic carbocycles. The molecule has 0 atom stereocenters. The normalized spacial score (nSPS) is 18.0. The lowest BCUT2D eigenvalue weighted by Gasteiger charge is -1.79. The summed E-state index contributed by atoms with van der Waals surface area (Å²) < 4.78 is 0.559. The maximum Gasteiger partial charge on any atom is 0.266 e. The summed E-state index contributed by atoms with van der Waals surface area (Å²) in [4.78, 5) is 17.2. The minimum atomic E-state index is 0.388. The largest absolute Gasteiger partial charge is 0.266 e. The molecule has 7 heavy (non-hydrogen) atoms. The van der Waals surface area contributed by atoms with Crippen molar-refractivity contribution in [3.05, 3.63) is 4.91 Å². The van der Waals surface area contributed by atoms with Crippen LogP contribution in [0.1, 0.15) is 0 Å². The third-order valence-corrected chi connectivity index (χ3v) is 0.554. The van der Waals surface area contributed by atoms with E-state index >= 15 is 0 Å². The number of nitrogens with zero attached hydrogens (tertiary/aromatic N) is 3. The predicted molar refractivity (Wildman–Crippen MR) is 25.5 cm³/mol. The first-order chi connectivity index (χ1) is 3.39. The van der Waals surface area contributed by atoms with Crippen LogP contribution in [0.5, 0.6) is 0 Å². The van der Waals surface area contributed by atoms with Crippen molar-refractivity contribution in [1.82, 2.24) is 0 Å². The Morgan fingerprint density at radius 3 is 2.29 bits per heavy atom. The van der Waals surface area contributed by atoms with E-state index in [1.165, 1.54) is 12.7 Å². The summed E-state index contributed by atoms with van der Waals surface area (Å²) in [5.41, 5.74) is 0. The van der Waals surface area contributed by atoms with Crippen molar-refractivity contribution in [2.75, 3.05) is 6.67 Å². The van der Waals surface area contributed by atoms with E-state index in [1.807, 2.05) is 0 Å². The molecule has 1 aliphatic rings. The zero-order chi connectivity index (χ0) is 5.11. The summed E-state index contributed by atoms with van der Waals surface area (Å²) in [5, 5.41) is 0. The minimum absolute atomic E-state index is 0.388. The Hall–Kier alpha value is -1.06. The Morgan fingerprint density at radius 1 is 1.43 bits per heavy atom. The third kappa shape index (κ3) is 0.887. The first-order valence-corrected chi connectivity index (χ1v) is 1.85. The molecule has 1 heterocycles. The molecule has 0 aliphatic carbocycles. The van der Waals surface area contributed by atoms with Crippen LogP contribution in [0.25, 0.3) is 0 Å². The highest BCUT2D eigenvalue weighted by molar-refractivity contribution is 5.60. The van der Waals surface area contributed by atoms with Gasteiger partial charge in [-0.05, 0) is 4.76 Å². The predicted octanol–water partition coefficient (Wildman–Crippen LogP) is -0.207. The molecule has 0 amide bonds. The summed E-state index contributed by atoms with van der Waals surface area (Å²) in [6, 6.07) is 0. The van der Waals surface area contributed by atoms with Gasteiger partial charge in [0.25, 0.3) is 12.7 Å². The fourth-order valence-corrected chi connectivity index (χ4v) is 0.311. The average molecular weight is 98.1 g/mol. The Labute approximate surface area is 40.2 Å². The molecule has 36 valence electrons. The number of rotatable bonds is 0. The lowest BCUT2D eigenvalue weighted by atomic mass is 10.9. The van der Waals surface area contributed by atoms with Gasteiger partial charge in [-0.1, -0.05) is 4.91 Å². The standard InChI is InChI=1S/C3H4N3O/c7-6-2-4-1-5-3-6/h2-3H,1H2/q+1. The third-order valence-electron chi connectivity index (χ3n) is 0.554. The van der Waals surface area contributed by atoms with E-state index in [1.54, 1.807) is 0 Å². The lowest BCUT2D eigenvalue weighted by Crippen LogP contribution is -2.06. The molecule has 0 radical (unpaired) electrons. The molecule has 0 N–H and O–H groups in total. The van der Waals surface area contributed by atoms with Gasteiger partial charge in [-0.15, -0.1) is 9.98 Å². The van der Waals surface area contributed by atoms with Crippen LogP contribution in [-0.4, -0.2) is 24.1 Å². The SMILES string of the molecule is O=[N+]1C=NCN=C1.